The number of benzene rings is 2. The van der Waals surface area contributed by atoms with Crippen LogP contribution in [0.5, 0.6) is 0 Å². The Balaban J connectivity index is 1.76. The van der Waals surface area contributed by atoms with Crippen LogP contribution in [0.3, 0.4) is 0 Å². The van der Waals surface area contributed by atoms with Gasteiger partial charge in [-0.15, -0.1) is 0 Å². The van der Waals surface area contributed by atoms with Gasteiger partial charge in [-0.1, -0.05) is 54.1 Å². The summed E-state index contributed by atoms with van der Waals surface area (Å²) in [6.45, 7) is 0. The van der Waals surface area contributed by atoms with Crippen molar-refractivity contribution in [2.75, 3.05) is 5.32 Å². The molecule has 0 unspecified atom stereocenters. The van der Waals surface area contributed by atoms with Gasteiger partial charge >= 0.3 is 0 Å². The van der Waals surface area contributed by atoms with Gasteiger partial charge in [0.05, 0.1) is 15.4 Å². The van der Waals surface area contributed by atoms with Crippen LogP contribution in [-0.2, 0) is 0 Å². The van der Waals surface area contributed by atoms with Crippen molar-refractivity contribution >= 4 is 44.9 Å². The molecule has 0 aliphatic carbocycles. The summed E-state index contributed by atoms with van der Waals surface area (Å²) in [5.41, 5.74) is 3.76. The van der Waals surface area contributed by atoms with Gasteiger partial charge in [0.2, 0.25) is 0 Å². The number of fused-ring (bicyclic) bond motifs is 1. The first-order valence-corrected chi connectivity index (χ1v) is 8.29. The second kappa shape index (κ2) is 5.99. The first-order chi connectivity index (χ1) is 11.3. The molecule has 5 heteroatoms. The first-order valence-electron chi connectivity index (χ1n) is 7.14. The Bertz CT molecular complexity index is 966. The van der Waals surface area contributed by atoms with Crippen molar-refractivity contribution in [1.29, 1.82) is 0 Å². The number of hydrogen-bond acceptors (Lipinski definition) is 4. The van der Waals surface area contributed by atoms with Crippen molar-refractivity contribution in [2.45, 2.75) is 0 Å². The average molecular weight is 338 g/mol. The lowest BCUT2D eigenvalue weighted by Crippen LogP contribution is -1.94. The number of halogens is 1. The number of pyridine rings is 1. The topological polar surface area (TPSA) is 37.8 Å². The van der Waals surface area contributed by atoms with E-state index in [9.17, 15) is 0 Å². The molecule has 0 atom stereocenters. The largest absolute Gasteiger partial charge is 0.336 e. The van der Waals surface area contributed by atoms with Crippen LogP contribution in [0.4, 0.5) is 11.5 Å². The second-order valence-corrected chi connectivity index (χ2v) is 6.22. The van der Waals surface area contributed by atoms with Gasteiger partial charge in [-0.25, -0.2) is 0 Å². The Morgan fingerprint density at radius 1 is 0.913 bits per heavy atom. The van der Waals surface area contributed by atoms with Gasteiger partial charge in [-0.3, -0.25) is 4.98 Å². The van der Waals surface area contributed by atoms with Crippen molar-refractivity contribution in [3.8, 4) is 11.1 Å². The highest BCUT2D eigenvalue weighted by Gasteiger charge is 2.12. The highest BCUT2D eigenvalue weighted by atomic mass is 35.5. The maximum Gasteiger partial charge on any atom is 0.170 e. The quantitative estimate of drug-likeness (QED) is 0.516. The zero-order chi connectivity index (χ0) is 15.6. The lowest BCUT2D eigenvalue weighted by molar-refractivity contribution is 1.39. The second-order valence-electron chi connectivity index (χ2n) is 5.04. The molecule has 0 amide bonds. The molecular weight excluding hydrogens is 326 g/mol. The van der Waals surface area contributed by atoms with E-state index in [1.54, 1.807) is 6.20 Å². The van der Waals surface area contributed by atoms with Gasteiger partial charge in [-0.05, 0) is 35.3 Å². The third-order valence-corrected chi connectivity index (χ3v) is 4.77. The minimum Gasteiger partial charge on any atom is -0.336 e. The van der Waals surface area contributed by atoms with Crippen LogP contribution in [0.25, 0.3) is 21.3 Å². The van der Waals surface area contributed by atoms with E-state index in [1.165, 1.54) is 11.5 Å². The number of aromatic nitrogens is 2. The van der Waals surface area contributed by atoms with Crippen molar-refractivity contribution in [3.05, 3.63) is 71.9 Å². The lowest BCUT2D eigenvalue weighted by atomic mass is 10.1. The standard InChI is InChI=1S/C18H12ClN3S/c19-16-13(12-6-2-1-3-7-12)8-4-9-14(16)21-18-17-15(23-22-18)10-5-11-20-17/h1-11H,(H,21,22). The van der Waals surface area contributed by atoms with E-state index in [2.05, 4.69) is 14.7 Å². The molecule has 112 valence electrons. The fraction of sp³-hybridized carbons (Fsp3) is 0. The fourth-order valence-corrected chi connectivity index (χ4v) is 3.44. The van der Waals surface area contributed by atoms with Crippen molar-refractivity contribution < 1.29 is 0 Å². The van der Waals surface area contributed by atoms with Crippen LogP contribution < -0.4 is 5.32 Å². The molecule has 0 saturated heterocycles. The molecule has 2 aromatic heterocycles. The maximum atomic E-state index is 6.60. The molecule has 4 aromatic rings. The third kappa shape index (κ3) is 2.67. The molecule has 23 heavy (non-hydrogen) atoms. The van der Waals surface area contributed by atoms with E-state index in [1.807, 2.05) is 60.7 Å². The summed E-state index contributed by atoms with van der Waals surface area (Å²) >= 11 is 8.03. The van der Waals surface area contributed by atoms with Crippen LogP contribution in [0, 0.1) is 0 Å². The highest BCUT2D eigenvalue weighted by molar-refractivity contribution is 7.13. The lowest BCUT2D eigenvalue weighted by Gasteiger charge is -2.10. The van der Waals surface area contributed by atoms with Gasteiger partial charge in [0.25, 0.3) is 0 Å². The first kappa shape index (κ1) is 14.2. The molecule has 0 aliphatic rings. The van der Waals surface area contributed by atoms with Gasteiger partial charge in [0, 0.05) is 11.8 Å². The molecule has 2 heterocycles. The molecule has 1 N–H and O–H groups in total. The monoisotopic (exact) mass is 337 g/mol. The van der Waals surface area contributed by atoms with E-state index in [0.717, 1.165) is 32.8 Å². The van der Waals surface area contributed by atoms with E-state index in [0.29, 0.717) is 5.02 Å². The molecule has 2 aromatic carbocycles. The van der Waals surface area contributed by atoms with Crippen LogP contribution in [-0.4, -0.2) is 9.36 Å². The summed E-state index contributed by atoms with van der Waals surface area (Å²) in [6.07, 6.45) is 1.77. The Morgan fingerprint density at radius 3 is 2.65 bits per heavy atom. The molecule has 0 saturated carbocycles. The third-order valence-electron chi connectivity index (χ3n) is 3.57. The maximum absolute atomic E-state index is 6.60. The summed E-state index contributed by atoms with van der Waals surface area (Å²) in [5, 5.41) is 3.99. The summed E-state index contributed by atoms with van der Waals surface area (Å²) in [4.78, 5) is 4.39. The zero-order valence-electron chi connectivity index (χ0n) is 12.0. The van der Waals surface area contributed by atoms with E-state index in [4.69, 9.17) is 11.6 Å². The molecule has 0 bridgehead atoms. The normalized spacial score (nSPS) is 10.8. The van der Waals surface area contributed by atoms with Crippen molar-refractivity contribution in [3.63, 3.8) is 0 Å². The smallest absolute Gasteiger partial charge is 0.170 e. The summed E-state index contributed by atoms with van der Waals surface area (Å²) in [7, 11) is 0. The molecular formula is C18H12ClN3S. The Kier molecular flexibility index (Phi) is 3.69. The molecule has 3 nitrogen and oxygen atoms in total. The van der Waals surface area contributed by atoms with E-state index in [-0.39, 0.29) is 0 Å². The molecule has 0 radical (unpaired) electrons. The van der Waals surface area contributed by atoms with E-state index < -0.39 is 0 Å². The number of anilines is 2. The number of rotatable bonds is 3. The number of nitrogens with zero attached hydrogens (tertiary/aromatic N) is 2. The zero-order valence-corrected chi connectivity index (χ0v) is 13.6. The van der Waals surface area contributed by atoms with Gasteiger partial charge in [0.1, 0.15) is 5.52 Å². The Hall–Kier alpha value is -2.43. The van der Waals surface area contributed by atoms with E-state index >= 15 is 0 Å². The van der Waals surface area contributed by atoms with Crippen LogP contribution in [0.15, 0.2) is 66.9 Å². The van der Waals surface area contributed by atoms with Crippen LogP contribution >= 0.6 is 23.1 Å². The fourth-order valence-electron chi connectivity index (χ4n) is 2.46. The van der Waals surface area contributed by atoms with Gasteiger partial charge < -0.3 is 5.32 Å². The van der Waals surface area contributed by atoms with Gasteiger partial charge in [0.15, 0.2) is 5.82 Å². The highest BCUT2D eigenvalue weighted by Crippen LogP contribution is 2.36. The minimum absolute atomic E-state index is 0.677. The van der Waals surface area contributed by atoms with Crippen LogP contribution in [0.1, 0.15) is 0 Å². The summed E-state index contributed by atoms with van der Waals surface area (Å²) in [5.74, 6) is 0.734. The predicted octanol–water partition coefficient (Wildman–Crippen LogP) is 5.76. The number of nitrogens with one attached hydrogen (secondary N) is 1. The van der Waals surface area contributed by atoms with Crippen molar-refractivity contribution in [2.24, 2.45) is 0 Å². The summed E-state index contributed by atoms with van der Waals surface area (Å²) in [6, 6.07) is 20.0. The Morgan fingerprint density at radius 2 is 1.78 bits per heavy atom. The number of hydrogen-bond donors (Lipinski definition) is 1. The Labute approximate surface area is 142 Å². The predicted molar refractivity (Wildman–Crippen MR) is 97.6 cm³/mol. The molecule has 4 rings (SSSR count). The SMILES string of the molecule is Clc1c(Nc2nsc3cccnc23)cccc1-c1ccccc1. The van der Waals surface area contributed by atoms with Gasteiger partial charge in [-0.2, -0.15) is 4.37 Å². The average Bonchev–Trinajstić information content (AvgIpc) is 3.01. The van der Waals surface area contributed by atoms with Crippen molar-refractivity contribution in [1.82, 2.24) is 9.36 Å². The van der Waals surface area contributed by atoms with Crippen LogP contribution in [0.2, 0.25) is 5.02 Å². The minimum atomic E-state index is 0.677. The summed E-state index contributed by atoms with van der Waals surface area (Å²) < 4.78 is 5.49. The molecule has 0 fully saturated rings. The molecule has 0 spiro atoms. The molecule has 0 aliphatic heterocycles.